The van der Waals surface area contributed by atoms with Gasteiger partial charge in [-0.2, -0.15) is 0 Å². The molecule has 0 bridgehead atoms. The molecule has 3 nitrogen and oxygen atoms in total. The van der Waals surface area contributed by atoms with Gasteiger partial charge in [-0.25, -0.2) is 0 Å². The van der Waals surface area contributed by atoms with E-state index in [0.29, 0.717) is 6.54 Å². The number of methoxy groups -OCH3 is 2. The summed E-state index contributed by atoms with van der Waals surface area (Å²) >= 11 is 0. The highest BCUT2D eigenvalue weighted by atomic mass is 16.5. The minimum Gasteiger partial charge on any atom is -0.497 e. The van der Waals surface area contributed by atoms with E-state index in [9.17, 15) is 0 Å². The van der Waals surface area contributed by atoms with Gasteiger partial charge in [-0.15, -0.1) is 6.42 Å². The number of hydrogen-bond acceptors (Lipinski definition) is 2. The van der Waals surface area contributed by atoms with E-state index >= 15 is 0 Å². The van der Waals surface area contributed by atoms with Crippen molar-refractivity contribution in [2.45, 2.75) is 6.54 Å². The van der Waals surface area contributed by atoms with Gasteiger partial charge in [0.25, 0.3) is 0 Å². The Balaban J connectivity index is 2.32. The molecule has 0 aliphatic heterocycles. The molecule has 0 unspecified atom stereocenters. The Kier molecular flexibility index (Phi) is 3.59. The van der Waals surface area contributed by atoms with Gasteiger partial charge in [0.2, 0.25) is 0 Å². The summed E-state index contributed by atoms with van der Waals surface area (Å²) in [6.45, 7) is 0.680. The average Bonchev–Trinajstić information content (AvgIpc) is 2.86. The molecule has 0 spiro atoms. The molecule has 2 aromatic rings. The molecule has 2 rings (SSSR count). The van der Waals surface area contributed by atoms with Crippen LogP contribution in [0, 0.1) is 12.3 Å². The molecule has 0 N–H and O–H groups in total. The van der Waals surface area contributed by atoms with Gasteiger partial charge < -0.3 is 14.0 Å². The molecule has 0 atom stereocenters. The summed E-state index contributed by atoms with van der Waals surface area (Å²) in [5.41, 5.74) is 1.92. The average molecular weight is 241 g/mol. The summed E-state index contributed by atoms with van der Waals surface area (Å²) in [6, 6.07) is 9.62. The molecule has 0 amide bonds. The maximum atomic E-state index is 5.44. The Morgan fingerprint density at radius 3 is 2.72 bits per heavy atom. The van der Waals surface area contributed by atoms with E-state index in [0.717, 1.165) is 22.8 Å². The Labute approximate surface area is 107 Å². The summed E-state index contributed by atoms with van der Waals surface area (Å²) < 4.78 is 12.5. The molecule has 1 aromatic heterocycles. The lowest BCUT2D eigenvalue weighted by Crippen LogP contribution is -2.03. The van der Waals surface area contributed by atoms with Crippen molar-refractivity contribution in [1.82, 2.24) is 4.57 Å². The third-order valence-corrected chi connectivity index (χ3v) is 2.81. The van der Waals surface area contributed by atoms with Gasteiger partial charge in [-0.3, -0.25) is 0 Å². The second kappa shape index (κ2) is 5.33. The lowest BCUT2D eigenvalue weighted by molar-refractivity contribution is 0.390. The molecule has 0 aliphatic rings. The predicted octanol–water partition coefficient (Wildman–Crippen LogP) is 2.53. The fourth-order valence-corrected chi connectivity index (χ4v) is 1.85. The summed E-state index contributed by atoms with van der Waals surface area (Å²) in [6.07, 6.45) is 7.40. The van der Waals surface area contributed by atoms with E-state index in [1.54, 1.807) is 14.2 Å². The van der Waals surface area contributed by atoms with Crippen molar-refractivity contribution in [1.29, 1.82) is 0 Å². The molecule has 0 radical (unpaired) electrons. The first-order valence-corrected chi connectivity index (χ1v) is 5.61. The van der Waals surface area contributed by atoms with Crippen LogP contribution in [0.25, 0.3) is 0 Å². The number of terminal acetylenes is 1. The first-order valence-electron chi connectivity index (χ1n) is 5.61. The van der Waals surface area contributed by atoms with Crippen LogP contribution >= 0.6 is 0 Å². The largest absolute Gasteiger partial charge is 0.497 e. The topological polar surface area (TPSA) is 23.4 Å². The molecular weight excluding hydrogens is 226 g/mol. The predicted molar refractivity (Wildman–Crippen MR) is 71.0 cm³/mol. The lowest BCUT2D eigenvalue weighted by atomic mass is 10.2. The van der Waals surface area contributed by atoms with Crippen LogP contribution < -0.4 is 9.47 Å². The van der Waals surface area contributed by atoms with Crippen molar-refractivity contribution in [3.05, 3.63) is 47.8 Å². The van der Waals surface area contributed by atoms with Crippen molar-refractivity contribution < 1.29 is 9.47 Å². The number of benzene rings is 1. The molecular formula is C15H15NO2. The van der Waals surface area contributed by atoms with Crippen LogP contribution in [0.1, 0.15) is 11.3 Å². The van der Waals surface area contributed by atoms with Gasteiger partial charge in [0.1, 0.15) is 11.5 Å². The second-order valence-electron chi connectivity index (χ2n) is 3.84. The molecule has 1 aromatic carbocycles. The SMILES string of the molecule is C#Cc1cccn1Cc1ccc(OC)cc1OC. The first-order chi connectivity index (χ1) is 8.78. The Morgan fingerprint density at radius 2 is 2.06 bits per heavy atom. The summed E-state index contributed by atoms with van der Waals surface area (Å²) in [7, 11) is 3.28. The minimum atomic E-state index is 0.680. The standard InChI is InChI=1S/C15H15NO2/c1-4-13-6-5-9-16(13)11-12-7-8-14(17-2)10-15(12)18-3/h1,5-10H,11H2,2-3H3. The van der Waals surface area contributed by atoms with E-state index in [4.69, 9.17) is 15.9 Å². The highest BCUT2D eigenvalue weighted by molar-refractivity contribution is 5.41. The van der Waals surface area contributed by atoms with E-state index in [-0.39, 0.29) is 0 Å². The number of nitrogens with zero attached hydrogens (tertiary/aromatic N) is 1. The molecule has 92 valence electrons. The minimum absolute atomic E-state index is 0.680. The maximum Gasteiger partial charge on any atom is 0.127 e. The highest BCUT2D eigenvalue weighted by Crippen LogP contribution is 2.25. The Morgan fingerprint density at radius 1 is 1.22 bits per heavy atom. The van der Waals surface area contributed by atoms with Crippen molar-refractivity contribution in [2.24, 2.45) is 0 Å². The number of hydrogen-bond donors (Lipinski definition) is 0. The van der Waals surface area contributed by atoms with Gasteiger partial charge >= 0.3 is 0 Å². The fraction of sp³-hybridized carbons (Fsp3) is 0.200. The number of rotatable bonds is 4. The monoisotopic (exact) mass is 241 g/mol. The molecule has 3 heteroatoms. The molecule has 0 fully saturated rings. The fourth-order valence-electron chi connectivity index (χ4n) is 1.85. The van der Waals surface area contributed by atoms with Crippen molar-refractivity contribution in [3.8, 4) is 23.8 Å². The van der Waals surface area contributed by atoms with Gasteiger partial charge in [-0.05, 0) is 24.3 Å². The van der Waals surface area contributed by atoms with Crippen molar-refractivity contribution in [2.75, 3.05) is 14.2 Å². The third-order valence-electron chi connectivity index (χ3n) is 2.81. The highest BCUT2D eigenvalue weighted by Gasteiger charge is 2.07. The molecule has 0 saturated carbocycles. The van der Waals surface area contributed by atoms with Crippen molar-refractivity contribution in [3.63, 3.8) is 0 Å². The molecule has 0 aliphatic carbocycles. The first kappa shape index (κ1) is 12.1. The summed E-state index contributed by atoms with van der Waals surface area (Å²) in [5.74, 6) is 4.23. The van der Waals surface area contributed by atoms with Crippen LogP contribution in [-0.2, 0) is 6.54 Å². The van der Waals surface area contributed by atoms with Crippen LogP contribution in [-0.4, -0.2) is 18.8 Å². The van der Waals surface area contributed by atoms with Gasteiger partial charge in [0.05, 0.1) is 26.5 Å². The van der Waals surface area contributed by atoms with Gasteiger partial charge in [0.15, 0.2) is 0 Å². The molecule has 18 heavy (non-hydrogen) atoms. The zero-order valence-corrected chi connectivity index (χ0v) is 10.5. The zero-order valence-electron chi connectivity index (χ0n) is 10.5. The summed E-state index contributed by atoms with van der Waals surface area (Å²) in [5, 5.41) is 0. The van der Waals surface area contributed by atoms with Crippen LogP contribution in [0.2, 0.25) is 0 Å². The lowest BCUT2D eigenvalue weighted by Gasteiger charge is -2.12. The summed E-state index contributed by atoms with van der Waals surface area (Å²) in [4.78, 5) is 0. The van der Waals surface area contributed by atoms with E-state index < -0.39 is 0 Å². The van der Waals surface area contributed by atoms with E-state index in [2.05, 4.69) is 5.92 Å². The van der Waals surface area contributed by atoms with Crippen LogP contribution in [0.15, 0.2) is 36.5 Å². The number of ether oxygens (including phenoxy) is 2. The zero-order chi connectivity index (χ0) is 13.0. The quantitative estimate of drug-likeness (QED) is 0.768. The van der Waals surface area contributed by atoms with Crippen LogP contribution in [0.3, 0.4) is 0 Å². The van der Waals surface area contributed by atoms with Gasteiger partial charge in [-0.1, -0.05) is 5.92 Å². The van der Waals surface area contributed by atoms with Crippen LogP contribution in [0.5, 0.6) is 11.5 Å². The normalized spacial score (nSPS) is 9.83. The van der Waals surface area contributed by atoms with E-state index in [1.807, 2.05) is 41.1 Å². The smallest absolute Gasteiger partial charge is 0.127 e. The van der Waals surface area contributed by atoms with E-state index in [1.165, 1.54) is 0 Å². The Hall–Kier alpha value is -2.34. The Bertz CT molecular complexity index is 578. The number of aromatic nitrogens is 1. The van der Waals surface area contributed by atoms with Crippen molar-refractivity contribution >= 4 is 0 Å². The third kappa shape index (κ3) is 2.33. The molecule has 0 saturated heterocycles. The second-order valence-corrected chi connectivity index (χ2v) is 3.84. The van der Waals surface area contributed by atoms with Crippen LogP contribution in [0.4, 0.5) is 0 Å². The van der Waals surface area contributed by atoms with Gasteiger partial charge in [0, 0.05) is 17.8 Å². The molecule has 1 heterocycles. The maximum absolute atomic E-state index is 5.44.